The summed E-state index contributed by atoms with van der Waals surface area (Å²) in [5.74, 6) is -0.273. The van der Waals surface area contributed by atoms with Crippen LogP contribution in [0.4, 0.5) is 0 Å². The fourth-order valence-electron chi connectivity index (χ4n) is 2.30. The highest BCUT2D eigenvalue weighted by atomic mass is 16.6. The lowest BCUT2D eigenvalue weighted by Gasteiger charge is -2.24. The maximum absolute atomic E-state index is 11.8. The number of nitrogens with zero attached hydrogens (tertiary/aromatic N) is 1. The number of ether oxygens (including phenoxy) is 2. The maximum atomic E-state index is 11.8. The van der Waals surface area contributed by atoms with E-state index in [0.717, 1.165) is 18.7 Å². The number of esters is 1. The zero-order chi connectivity index (χ0) is 13.0. The van der Waals surface area contributed by atoms with E-state index in [1.54, 1.807) is 0 Å². The maximum Gasteiger partial charge on any atom is 0.335 e. The normalized spacial score (nSPS) is 25.4. The summed E-state index contributed by atoms with van der Waals surface area (Å²) in [6, 6.07) is 9.99. The Bertz CT molecular complexity index is 393. The summed E-state index contributed by atoms with van der Waals surface area (Å²) in [7, 11) is 3.45. The molecule has 18 heavy (non-hydrogen) atoms. The van der Waals surface area contributed by atoms with Gasteiger partial charge in [0.2, 0.25) is 0 Å². The van der Waals surface area contributed by atoms with Gasteiger partial charge in [0, 0.05) is 19.0 Å². The van der Waals surface area contributed by atoms with E-state index < -0.39 is 6.10 Å². The molecule has 0 N–H and O–H groups in total. The largest absolute Gasteiger partial charge is 0.467 e. The standard InChI is InChI=1S/C14H19NO3/c1-15-8-9-18-13(14(16)17-2)12(10-15)11-6-4-3-5-7-11/h3-7,12-13H,8-10H2,1-2H3. The summed E-state index contributed by atoms with van der Waals surface area (Å²) >= 11 is 0. The number of carbonyl (C=O) groups is 1. The second-order valence-corrected chi connectivity index (χ2v) is 4.59. The van der Waals surface area contributed by atoms with E-state index in [-0.39, 0.29) is 11.9 Å². The minimum absolute atomic E-state index is 0.0196. The summed E-state index contributed by atoms with van der Waals surface area (Å²) < 4.78 is 10.5. The van der Waals surface area contributed by atoms with Crippen molar-refractivity contribution in [3.05, 3.63) is 35.9 Å². The second kappa shape index (κ2) is 5.98. The molecule has 0 amide bonds. The van der Waals surface area contributed by atoms with Crippen LogP contribution in [0.5, 0.6) is 0 Å². The van der Waals surface area contributed by atoms with Crippen LogP contribution in [0.3, 0.4) is 0 Å². The number of hydrogen-bond donors (Lipinski definition) is 0. The Labute approximate surface area is 107 Å². The molecule has 2 atom stereocenters. The van der Waals surface area contributed by atoms with Gasteiger partial charge in [0.15, 0.2) is 6.10 Å². The molecule has 1 fully saturated rings. The van der Waals surface area contributed by atoms with Crippen LogP contribution in [0.2, 0.25) is 0 Å². The van der Waals surface area contributed by atoms with Crippen molar-refractivity contribution in [1.29, 1.82) is 0 Å². The van der Waals surface area contributed by atoms with Gasteiger partial charge in [0.05, 0.1) is 13.7 Å². The minimum Gasteiger partial charge on any atom is -0.467 e. The van der Waals surface area contributed by atoms with Crippen LogP contribution in [-0.2, 0) is 14.3 Å². The van der Waals surface area contributed by atoms with Gasteiger partial charge >= 0.3 is 5.97 Å². The molecule has 4 heteroatoms. The van der Waals surface area contributed by atoms with Crippen LogP contribution in [0, 0.1) is 0 Å². The van der Waals surface area contributed by atoms with Gasteiger partial charge in [-0.1, -0.05) is 30.3 Å². The summed E-state index contributed by atoms with van der Waals surface area (Å²) in [5.41, 5.74) is 1.11. The first-order valence-electron chi connectivity index (χ1n) is 6.15. The molecule has 2 unspecified atom stereocenters. The predicted octanol–water partition coefficient (Wildman–Crippen LogP) is 1.27. The number of carbonyl (C=O) groups excluding carboxylic acids is 1. The third kappa shape index (κ3) is 2.89. The van der Waals surface area contributed by atoms with Crippen molar-refractivity contribution in [3.8, 4) is 0 Å². The fourth-order valence-corrected chi connectivity index (χ4v) is 2.30. The summed E-state index contributed by atoms with van der Waals surface area (Å²) in [6.45, 7) is 2.18. The van der Waals surface area contributed by atoms with E-state index >= 15 is 0 Å². The molecule has 0 spiro atoms. The smallest absolute Gasteiger partial charge is 0.335 e. The molecular weight excluding hydrogens is 230 g/mol. The Morgan fingerprint density at radius 2 is 2.11 bits per heavy atom. The molecule has 0 aromatic heterocycles. The van der Waals surface area contributed by atoms with E-state index in [4.69, 9.17) is 9.47 Å². The first-order valence-corrected chi connectivity index (χ1v) is 6.15. The van der Waals surface area contributed by atoms with Crippen molar-refractivity contribution >= 4 is 5.97 Å². The molecule has 98 valence electrons. The molecule has 0 aliphatic carbocycles. The van der Waals surface area contributed by atoms with Crippen LogP contribution in [0.15, 0.2) is 30.3 Å². The lowest BCUT2D eigenvalue weighted by atomic mass is 9.93. The molecule has 0 saturated carbocycles. The van der Waals surface area contributed by atoms with Crippen molar-refractivity contribution < 1.29 is 14.3 Å². The van der Waals surface area contributed by atoms with Crippen LogP contribution in [-0.4, -0.2) is 50.8 Å². The molecule has 1 aliphatic heterocycles. The van der Waals surface area contributed by atoms with Gasteiger partial charge in [0.25, 0.3) is 0 Å². The van der Waals surface area contributed by atoms with Gasteiger partial charge in [-0.25, -0.2) is 4.79 Å². The predicted molar refractivity (Wildman–Crippen MR) is 68.4 cm³/mol. The molecule has 1 aromatic carbocycles. The number of hydrogen-bond acceptors (Lipinski definition) is 4. The SMILES string of the molecule is COC(=O)C1OCCN(C)CC1c1ccccc1. The molecule has 2 rings (SSSR count). The third-order valence-corrected chi connectivity index (χ3v) is 3.31. The van der Waals surface area contributed by atoms with Crippen molar-refractivity contribution in [2.75, 3.05) is 33.9 Å². The molecule has 1 saturated heterocycles. The topological polar surface area (TPSA) is 38.8 Å². The minimum atomic E-state index is -0.512. The quantitative estimate of drug-likeness (QED) is 0.740. The number of methoxy groups -OCH3 is 1. The van der Waals surface area contributed by atoms with Crippen molar-refractivity contribution in [1.82, 2.24) is 4.90 Å². The highest BCUT2D eigenvalue weighted by Crippen LogP contribution is 2.25. The van der Waals surface area contributed by atoms with Crippen molar-refractivity contribution in [3.63, 3.8) is 0 Å². The Hall–Kier alpha value is -1.39. The molecule has 1 heterocycles. The first kappa shape index (κ1) is 13.1. The average Bonchev–Trinajstić information content (AvgIpc) is 2.60. The van der Waals surface area contributed by atoms with Crippen molar-refractivity contribution in [2.45, 2.75) is 12.0 Å². The molecule has 1 aromatic rings. The van der Waals surface area contributed by atoms with Gasteiger partial charge in [-0.15, -0.1) is 0 Å². The van der Waals surface area contributed by atoms with E-state index in [1.165, 1.54) is 7.11 Å². The fraction of sp³-hybridized carbons (Fsp3) is 0.500. The van der Waals surface area contributed by atoms with Crippen LogP contribution in [0.25, 0.3) is 0 Å². The van der Waals surface area contributed by atoms with Gasteiger partial charge in [-0.3, -0.25) is 0 Å². The molecule has 0 bridgehead atoms. The zero-order valence-electron chi connectivity index (χ0n) is 10.8. The van der Waals surface area contributed by atoms with Gasteiger partial charge in [0.1, 0.15) is 0 Å². The lowest BCUT2D eigenvalue weighted by Crippen LogP contribution is -2.34. The summed E-state index contributed by atoms with van der Waals surface area (Å²) in [5, 5.41) is 0. The highest BCUT2D eigenvalue weighted by Gasteiger charge is 2.34. The second-order valence-electron chi connectivity index (χ2n) is 4.59. The van der Waals surface area contributed by atoms with Crippen LogP contribution >= 0.6 is 0 Å². The number of rotatable bonds is 2. The summed E-state index contributed by atoms with van der Waals surface area (Å²) in [6.07, 6.45) is -0.512. The van der Waals surface area contributed by atoms with Crippen LogP contribution in [0.1, 0.15) is 11.5 Å². The monoisotopic (exact) mass is 249 g/mol. The zero-order valence-corrected chi connectivity index (χ0v) is 10.8. The van der Waals surface area contributed by atoms with Gasteiger partial charge in [-0.05, 0) is 12.6 Å². The summed E-state index contributed by atoms with van der Waals surface area (Å²) in [4.78, 5) is 14.0. The van der Waals surface area contributed by atoms with E-state index in [2.05, 4.69) is 4.90 Å². The average molecular weight is 249 g/mol. The van der Waals surface area contributed by atoms with Crippen molar-refractivity contribution in [2.24, 2.45) is 0 Å². The Balaban J connectivity index is 2.27. The molecular formula is C14H19NO3. The number of benzene rings is 1. The van der Waals surface area contributed by atoms with Gasteiger partial charge in [-0.2, -0.15) is 0 Å². The van der Waals surface area contributed by atoms with E-state index in [1.807, 2.05) is 37.4 Å². The van der Waals surface area contributed by atoms with Gasteiger partial charge < -0.3 is 14.4 Å². The molecule has 4 nitrogen and oxygen atoms in total. The Morgan fingerprint density at radius 1 is 1.39 bits per heavy atom. The first-order chi connectivity index (χ1) is 8.72. The number of likely N-dealkylation sites (N-methyl/N-ethyl adjacent to an activating group) is 1. The van der Waals surface area contributed by atoms with E-state index in [9.17, 15) is 4.79 Å². The third-order valence-electron chi connectivity index (χ3n) is 3.31. The molecule has 0 radical (unpaired) electrons. The molecule has 1 aliphatic rings. The Morgan fingerprint density at radius 3 is 2.78 bits per heavy atom. The van der Waals surface area contributed by atoms with Crippen LogP contribution < -0.4 is 0 Å². The Kier molecular flexibility index (Phi) is 4.33. The lowest BCUT2D eigenvalue weighted by molar-refractivity contribution is -0.154. The highest BCUT2D eigenvalue weighted by molar-refractivity contribution is 5.76. The van der Waals surface area contributed by atoms with E-state index in [0.29, 0.717) is 6.61 Å².